The zero-order chi connectivity index (χ0) is 12.2. The van der Waals surface area contributed by atoms with E-state index in [1.165, 1.54) is 0 Å². The minimum Gasteiger partial charge on any atom is -0.360 e. The Bertz CT molecular complexity index is 362. The normalized spacial score (nSPS) is 27.2. The average molecular weight is 249 g/mol. The van der Waals surface area contributed by atoms with E-state index in [4.69, 9.17) is 4.74 Å². The summed E-state index contributed by atoms with van der Waals surface area (Å²) in [6, 6.07) is 1.96. The Morgan fingerprint density at radius 1 is 1.22 bits per heavy atom. The van der Waals surface area contributed by atoms with E-state index in [1.807, 2.05) is 6.07 Å². The lowest BCUT2D eigenvalue weighted by Crippen LogP contribution is -2.50. The third kappa shape index (κ3) is 2.51. The average Bonchev–Trinajstić information content (AvgIpc) is 2.95. The molecule has 0 saturated carbocycles. The fraction of sp³-hybridized carbons (Fsp3) is 0.667. The fourth-order valence-corrected chi connectivity index (χ4v) is 2.56. The van der Waals surface area contributed by atoms with E-state index in [1.54, 1.807) is 12.4 Å². The molecule has 3 heterocycles. The molecule has 2 atom stereocenters. The SMILES string of the molecule is c1cnc(C(C2NCCO2)N2CCNCC2)nc1. The Morgan fingerprint density at radius 3 is 2.67 bits per heavy atom. The molecule has 2 unspecified atom stereocenters. The van der Waals surface area contributed by atoms with Crippen molar-refractivity contribution in [3.05, 3.63) is 24.3 Å². The highest BCUT2D eigenvalue weighted by Gasteiger charge is 2.34. The van der Waals surface area contributed by atoms with Crippen LogP contribution in [-0.4, -0.2) is 60.4 Å². The molecule has 2 aliphatic rings. The van der Waals surface area contributed by atoms with Crippen molar-refractivity contribution in [1.82, 2.24) is 25.5 Å². The van der Waals surface area contributed by atoms with E-state index in [2.05, 4.69) is 25.5 Å². The van der Waals surface area contributed by atoms with Gasteiger partial charge in [0.05, 0.1) is 6.61 Å². The molecule has 2 N–H and O–H groups in total. The summed E-state index contributed by atoms with van der Waals surface area (Å²) in [4.78, 5) is 11.2. The molecular weight excluding hydrogens is 230 g/mol. The van der Waals surface area contributed by atoms with Gasteiger partial charge < -0.3 is 10.1 Å². The molecule has 1 aromatic rings. The highest BCUT2D eigenvalue weighted by atomic mass is 16.5. The van der Waals surface area contributed by atoms with Crippen LogP contribution in [-0.2, 0) is 4.74 Å². The van der Waals surface area contributed by atoms with Crippen molar-refractivity contribution < 1.29 is 4.74 Å². The van der Waals surface area contributed by atoms with E-state index >= 15 is 0 Å². The molecule has 2 aliphatic heterocycles. The van der Waals surface area contributed by atoms with E-state index in [9.17, 15) is 0 Å². The standard InChI is InChI=1S/C12H19N5O/c1-2-14-11(15-3-1)10(12-16-6-9-18-12)17-7-4-13-5-8-17/h1-3,10,12-13,16H,4-9H2. The smallest absolute Gasteiger partial charge is 0.149 e. The van der Waals surface area contributed by atoms with E-state index in [0.29, 0.717) is 0 Å². The maximum atomic E-state index is 5.77. The van der Waals surface area contributed by atoms with Crippen LogP contribution in [0.5, 0.6) is 0 Å². The number of aromatic nitrogens is 2. The summed E-state index contributed by atoms with van der Waals surface area (Å²) >= 11 is 0. The van der Waals surface area contributed by atoms with Gasteiger partial charge in [0.2, 0.25) is 0 Å². The van der Waals surface area contributed by atoms with Gasteiger partial charge in [0, 0.05) is 45.1 Å². The van der Waals surface area contributed by atoms with Crippen molar-refractivity contribution in [3.63, 3.8) is 0 Å². The summed E-state index contributed by atoms with van der Waals surface area (Å²) in [5.74, 6) is 0.846. The molecule has 0 aromatic carbocycles. The molecule has 6 nitrogen and oxygen atoms in total. The number of hydrogen-bond acceptors (Lipinski definition) is 6. The first-order valence-corrected chi connectivity index (χ1v) is 6.52. The lowest BCUT2D eigenvalue weighted by Gasteiger charge is -2.36. The number of nitrogens with zero attached hydrogens (tertiary/aromatic N) is 3. The van der Waals surface area contributed by atoms with E-state index in [0.717, 1.165) is 45.2 Å². The first kappa shape index (κ1) is 12.0. The molecular formula is C12H19N5O. The van der Waals surface area contributed by atoms with Gasteiger partial charge in [-0.3, -0.25) is 10.2 Å². The summed E-state index contributed by atoms with van der Waals surface area (Å²) in [5, 5.41) is 6.76. The molecule has 0 radical (unpaired) electrons. The largest absolute Gasteiger partial charge is 0.360 e. The summed E-state index contributed by atoms with van der Waals surface area (Å²) < 4.78 is 5.77. The zero-order valence-electron chi connectivity index (χ0n) is 10.4. The fourth-order valence-electron chi connectivity index (χ4n) is 2.56. The lowest BCUT2D eigenvalue weighted by atomic mass is 10.1. The van der Waals surface area contributed by atoms with E-state index in [-0.39, 0.29) is 12.3 Å². The lowest BCUT2D eigenvalue weighted by molar-refractivity contribution is 0.00464. The van der Waals surface area contributed by atoms with Gasteiger partial charge in [-0.15, -0.1) is 0 Å². The topological polar surface area (TPSA) is 62.3 Å². The van der Waals surface area contributed by atoms with Gasteiger partial charge in [-0.2, -0.15) is 0 Å². The Morgan fingerprint density at radius 2 is 2.00 bits per heavy atom. The quantitative estimate of drug-likeness (QED) is 0.743. The molecule has 1 aromatic heterocycles. The van der Waals surface area contributed by atoms with Gasteiger partial charge >= 0.3 is 0 Å². The van der Waals surface area contributed by atoms with Crippen LogP contribution in [0.4, 0.5) is 0 Å². The number of ether oxygens (including phenoxy) is 1. The van der Waals surface area contributed by atoms with Crippen LogP contribution in [0, 0.1) is 0 Å². The Balaban J connectivity index is 1.82. The van der Waals surface area contributed by atoms with Gasteiger partial charge in [0.1, 0.15) is 18.1 Å². The van der Waals surface area contributed by atoms with E-state index < -0.39 is 0 Å². The molecule has 0 amide bonds. The van der Waals surface area contributed by atoms with Crippen molar-refractivity contribution in [2.75, 3.05) is 39.3 Å². The maximum absolute atomic E-state index is 5.77. The first-order chi connectivity index (χ1) is 8.95. The van der Waals surface area contributed by atoms with Crippen LogP contribution in [0.1, 0.15) is 11.9 Å². The maximum Gasteiger partial charge on any atom is 0.149 e. The van der Waals surface area contributed by atoms with Gasteiger partial charge in [-0.05, 0) is 6.07 Å². The summed E-state index contributed by atoms with van der Waals surface area (Å²) in [6.07, 6.45) is 3.60. The second-order valence-electron chi connectivity index (χ2n) is 4.58. The summed E-state index contributed by atoms with van der Waals surface area (Å²) in [6.45, 7) is 5.70. The third-order valence-corrected chi connectivity index (χ3v) is 3.43. The van der Waals surface area contributed by atoms with Crippen LogP contribution in [0.2, 0.25) is 0 Å². The second-order valence-corrected chi connectivity index (χ2v) is 4.58. The number of hydrogen-bond donors (Lipinski definition) is 2. The third-order valence-electron chi connectivity index (χ3n) is 3.43. The second kappa shape index (κ2) is 5.71. The Kier molecular flexibility index (Phi) is 3.80. The number of nitrogens with one attached hydrogen (secondary N) is 2. The number of rotatable bonds is 3. The van der Waals surface area contributed by atoms with Gasteiger partial charge in [-0.25, -0.2) is 9.97 Å². The van der Waals surface area contributed by atoms with Crippen molar-refractivity contribution in [3.8, 4) is 0 Å². The van der Waals surface area contributed by atoms with Crippen molar-refractivity contribution in [2.45, 2.75) is 12.3 Å². The van der Waals surface area contributed by atoms with Gasteiger partial charge in [0.25, 0.3) is 0 Å². The summed E-state index contributed by atoms with van der Waals surface area (Å²) in [5.41, 5.74) is 0. The predicted octanol–water partition coefficient (Wildman–Crippen LogP) is -0.631. The molecule has 98 valence electrons. The van der Waals surface area contributed by atoms with Crippen molar-refractivity contribution in [1.29, 1.82) is 0 Å². The molecule has 3 rings (SSSR count). The molecule has 0 bridgehead atoms. The van der Waals surface area contributed by atoms with Gasteiger partial charge in [-0.1, -0.05) is 0 Å². The number of piperazine rings is 1. The molecule has 0 spiro atoms. The first-order valence-electron chi connectivity index (χ1n) is 6.52. The van der Waals surface area contributed by atoms with Crippen LogP contribution in [0.3, 0.4) is 0 Å². The molecule has 6 heteroatoms. The summed E-state index contributed by atoms with van der Waals surface area (Å²) in [7, 11) is 0. The highest BCUT2D eigenvalue weighted by molar-refractivity contribution is 5.01. The van der Waals surface area contributed by atoms with Gasteiger partial charge in [0.15, 0.2) is 0 Å². The minimum absolute atomic E-state index is 0.00509. The molecule has 2 saturated heterocycles. The van der Waals surface area contributed by atoms with Crippen LogP contribution in [0.15, 0.2) is 18.5 Å². The van der Waals surface area contributed by atoms with Crippen molar-refractivity contribution >= 4 is 0 Å². The van der Waals surface area contributed by atoms with Crippen LogP contribution in [0.25, 0.3) is 0 Å². The van der Waals surface area contributed by atoms with Crippen molar-refractivity contribution in [2.24, 2.45) is 0 Å². The van der Waals surface area contributed by atoms with Crippen LogP contribution < -0.4 is 10.6 Å². The monoisotopic (exact) mass is 249 g/mol. The molecule has 0 aliphatic carbocycles. The molecule has 18 heavy (non-hydrogen) atoms. The minimum atomic E-state index is 0.00509. The van der Waals surface area contributed by atoms with Crippen LogP contribution >= 0.6 is 0 Å². The highest BCUT2D eigenvalue weighted by Crippen LogP contribution is 2.24. The predicted molar refractivity (Wildman–Crippen MR) is 67.0 cm³/mol. The Labute approximate surface area is 107 Å². The zero-order valence-corrected chi connectivity index (χ0v) is 10.4. The Hall–Kier alpha value is -1.08. The molecule has 2 fully saturated rings.